The average Bonchev–Trinajstić information content (AvgIpc) is 3.35. The van der Waals surface area contributed by atoms with Crippen molar-refractivity contribution in [3.63, 3.8) is 0 Å². The molecule has 0 atom stereocenters. The van der Waals surface area contributed by atoms with Gasteiger partial charge >= 0.3 is 0 Å². The van der Waals surface area contributed by atoms with Crippen molar-refractivity contribution in [1.29, 1.82) is 0 Å². The number of hydrogen-bond acceptors (Lipinski definition) is 3. The SMILES string of the molecule is CCCC1(CN2CCC(OC3CC4(CCN(C(C)C)CC4)C3)CC2)CC1. The quantitative estimate of drug-likeness (QED) is 0.653. The van der Waals surface area contributed by atoms with Crippen LogP contribution in [0.25, 0.3) is 0 Å². The van der Waals surface area contributed by atoms with Gasteiger partial charge in [-0.25, -0.2) is 0 Å². The highest BCUT2D eigenvalue weighted by Gasteiger charge is 2.47. The third-order valence-corrected chi connectivity index (χ3v) is 8.13. The Morgan fingerprint density at radius 1 is 0.923 bits per heavy atom. The number of ether oxygens (including phenoxy) is 1. The standard InChI is InChI=1S/C23H42N2O/c1-4-7-22(8-9-22)18-24-12-5-20(6-13-24)26-21-16-23(17-21)10-14-25(15-11-23)19(2)3/h19-21H,4-18H2,1-3H3. The molecule has 3 nitrogen and oxygen atoms in total. The Hall–Kier alpha value is -0.120. The van der Waals surface area contributed by atoms with Gasteiger partial charge < -0.3 is 14.5 Å². The zero-order valence-corrected chi connectivity index (χ0v) is 17.6. The van der Waals surface area contributed by atoms with Crippen molar-refractivity contribution >= 4 is 0 Å². The summed E-state index contributed by atoms with van der Waals surface area (Å²) in [7, 11) is 0. The molecule has 2 aliphatic heterocycles. The van der Waals surface area contributed by atoms with Crippen LogP contribution in [0, 0.1) is 10.8 Å². The van der Waals surface area contributed by atoms with Crippen molar-refractivity contribution in [2.45, 2.75) is 103 Å². The number of piperidine rings is 2. The highest BCUT2D eigenvalue weighted by Crippen LogP contribution is 2.52. The number of rotatable bonds is 7. The van der Waals surface area contributed by atoms with E-state index >= 15 is 0 Å². The van der Waals surface area contributed by atoms with Gasteiger partial charge in [-0.05, 0) is 95.6 Å². The second-order valence-corrected chi connectivity index (χ2v) is 10.5. The molecule has 0 aromatic carbocycles. The van der Waals surface area contributed by atoms with Gasteiger partial charge in [0.15, 0.2) is 0 Å². The number of nitrogens with zero attached hydrogens (tertiary/aromatic N) is 2. The zero-order valence-electron chi connectivity index (χ0n) is 17.6. The van der Waals surface area contributed by atoms with E-state index in [1.54, 1.807) is 0 Å². The predicted molar refractivity (Wildman–Crippen MR) is 109 cm³/mol. The van der Waals surface area contributed by atoms with Crippen LogP contribution < -0.4 is 0 Å². The Bertz CT molecular complexity index is 449. The molecule has 26 heavy (non-hydrogen) atoms. The van der Waals surface area contributed by atoms with Gasteiger partial charge in [-0.3, -0.25) is 0 Å². The Morgan fingerprint density at radius 3 is 2.12 bits per heavy atom. The average molecular weight is 363 g/mol. The molecule has 2 saturated heterocycles. The first-order chi connectivity index (χ1) is 12.5. The molecule has 4 aliphatic rings. The fourth-order valence-electron chi connectivity index (χ4n) is 6.07. The first-order valence-electron chi connectivity index (χ1n) is 11.6. The first kappa shape index (κ1) is 19.2. The maximum atomic E-state index is 6.53. The van der Waals surface area contributed by atoms with E-state index in [1.165, 1.54) is 96.9 Å². The molecule has 4 rings (SSSR count). The van der Waals surface area contributed by atoms with Crippen LogP contribution in [0.2, 0.25) is 0 Å². The second-order valence-electron chi connectivity index (χ2n) is 10.5. The molecule has 0 aromatic heterocycles. The summed E-state index contributed by atoms with van der Waals surface area (Å²) in [5.41, 5.74) is 1.36. The summed E-state index contributed by atoms with van der Waals surface area (Å²) in [6, 6.07) is 0.719. The molecule has 0 N–H and O–H groups in total. The van der Waals surface area contributed by atoms with Gasteiger partial charge in [0, 0.05) is 25.7 Å². The molecule has 3 heteroatoms. The Morgan fingerprint density at radius 2 is 1.58 bits per heavy atom. The summed E-state index contributed by atoms with van der Waals surface area (Å²) in [6.07, 6.45) is 14.9. The third kappa shape index (κ3) is 4.31. The van der Waals surface area contributed by atoms with Gasteiger partial charge in [0.1, 0.15) is 0 Å². The fraction of sp³-hybridized carbons (Fsp3) is 1.00. The van der Waals surface area contributed by atoms with E-state index in [-0.39, 0.29) is 0 Å². The third-order valence-electron chi connectivity index (χ3n) is 8.13. The van der Waals surface area contributed by atoms with Crippen LogP contribution in [0.5, 0.6) is 0 Å². The minimum atomic E-state index is 0.547. The molecule has 0 aromatic rings. The van der Waals surface area contributed by atoms with E-state index in [9.17, 15) is 0 Å². The van der Waals surface area contributed by atoms with Crippen LogP contribution >= 0.6 is 0 Å². The monoisotopic (exact) mass is 362 g/mol. The van der Waals surface area contributed by atoms with Crippen LogP contribution in [0.15, 0.2) is 0 Å². The summed E-state index contributed by atoms with van der Waals surface area (Å²) >= 11 is 0. The fourth-order valence-corrected chi connectivity index (χ4v) is 6.07. The van der Waals surface area contributed by atoms with Crippen LogP contribution in [-0.2, 0) is 4.74 Å². The summed E-state index contributed by atoms with van der Waals surface area (Å²) in [5, 5.41) is 0. The van der Waals surface area contributed by atoms with Gasteiger partial charge in [0.25, 0.3) is 0 Å². The molecule has 150 valence electrons. The summed E-state index contributed by atoms with van der Waals surface area (Å²) in [5.74, 6) is 0. The van der Waals surface area contributed by atoms with Crippen molar-refractivity contribution in [2.24, 2.45) is 10.8 Å². The Labute approximate surface area is 161 Å². The van der Waals surface area contributed by atoms with E-state index in [2.05, 4.69) is 30.6 Å². The molecule has 0 radical (unpaired) electrons. The van der Waals surface area contributed by atoms with E-state index in [0.29, 0.717) is 23.0 Å². The predicted octanol–water partition coefficient (Wildman–Crippen LogP) is 4.70. The van der Waals surface area contributed by atoms with Crippen LogP contribution in [0.1, 0.15) is 85.0 Å². The van der Waals surface area contributed by atoms with E-state index in [1.807, 2.05) is 0 Å². The molecule has 0 bridgehead atoms. The maximum Gasteiger partial charge on any atom is 0.0603 e. The molecule has 4 fully saturated rings. The van der Waals surface area contributed by atoms with Gasteiger partial charge in [-0.2, -0.15) is 0 Å². The Kier molecular flexibility index (Phi) is 5.70. The second kappa shape index (κ2) is 7.72. The van der Waals surface area contributed by atoms with Crippen LogP contribution in [0.3, 0.4) is 0 Å². The van der Waals surface area contributed by atoms with Crippen LogP contribution in [-0.4, -0.2) is 60.8 Å². The molecular weight excluding hydrogens is 320 g/mol. The van der Waals surface area contributed by atoms with Crippen molar-refractivity contribution in [3.8, 4) is 0 Å². The molecule has 0 unspecified atom stereocenters. The normalized spacial score (nSPS) is 30.0. The maximum absolute atomic E-state index is 6.53. The highest BCUT2D eigenvalue weighted by atomic mass is 16.5. The van der Waals surface area contributed by atoms with Gasteiger partial charge in [-0.15, -0.1) is 0 Å². The van der Waals surface area contributed by atoms with Crippen molar-refractivity contribution in [3.05, 3.63) is 0 Å². The molecule has 2 aliphatic carbocycles. The smallest absolute Gasteiger partial charge is 0.0603 e. The lowest BCUT2D eigenvalue weighted by Gasteiger charge is -2.53. The first-order valence-corrected chi connectivity index (χ1v) is 11.6. The van der Waals surface area contributed by atoms with Gasteiger partial charge in [0.2, 0.25) is 0 Å². The lowest BCUT2D eigenvalue weighted by Crippen LogP contribution is -2.52. The van der Waals surface area contributed by atoms with E-state index in [0.717, 1.165) is 6.04 Å². The van der Waals surface area contributed by atoms with Gasteiger partial charge in [0.05, 0.1) is 12.2 Å². The number of likely N-dealkylation sites (tertiary alicyclic amines) is 2. The minimum Gasteiger partial charge on any atom is -0.375 e. The molecule has 0 amide bonds. The molecule has 1 spiro atoms. The summed E-state index contributed by atoms with van der Waals surface area (Å²) in [4.78, 5) is 5.40. The summed E-state index contributed by atoms with van der Waals surface area (Å²) in [6.45, 7) is 13.6. The lowest BCUT2D eigenvalue weighted by molar-refractivity contribution is -0.143. The molecular formula is C23H42N2O. The van der Waals surface area contributed by atoms with Crippen molar-refractivity contribution in [2.75, 3.05) is 32.7 Å². The minimum absolute atomic E-state index is 0.547. The van der Waals surface area contributed by atoms with Gasteiger partial charge in [-0.1, -0.05) is 13.3 Å². The highest BCUT2D eigenvalue weighted by molar-refractivity contribution is 4.99. The number of hydrogen-bond donors (Lipinski definition) is 0. The molecule has 2 heterocycles. The van der Waals surface area contributed by atoms with E-state index in [4.69, 9.17) is 4.74 Å². The molecule has 2 saturated carbocycles. The largest absolute Gasteiger partial charge is 0.375 e. The Balaban J connectivity index is 1.13. The topological polar surface area (TPSA) is 15.7 Å². The summed E-state index contributed by atoms with van der Waals surface area (Å²) < 4.78 is 6.53. The van der Waals surface area contributed by atoms with Crippen molar-refractivity contribution in [1.82, 2.24) is 9.80 Å². The lowest BCUT2D eigenvalue weighted by atomic mass is 9.61. The van der Waals surface area contributed by atoms with E-state index < -0.39 is 0 Å². The van der Waals surface area contributed by atoms with Crippen LogP contribution in [0.4, 0.5) is 0 Å². The van der Waals surface area contributed by atoms with Crippen molar-refractivity contribution < 1.29 is 4.74 Å². The zero-order chi connectivity index (χ0) is 18.2.